The molecule has 2 aromatic rings. The summed E-state index contributed by atoms with van der Waals surface area (Å²) in [6, 6.07) is 10.1. The van der Waals surface area contributed by atoms with E-state index in [0.717, 1.165) is 5.56 Å². The van der Waals surface area contributed by atoms with Crippen LogP contribution in [0.3, 0.4) is 0 Å². The van der Waals surface area contributed by atoms with E-state index in [4.69, 9.17) is 17.3 Å². The zero-order valence-corrected chi connectivity index (χ0v) is 13.4. The predicted molar refractivity (Wildman–Crippen MR) is 87.2 cm³/mol. The van der Waals surface area contributed by atoms with E-state index in [1.165, 1.54) is 6.07 Å². The normalized spacial score (nSPS) is 11.4. The fraction of sp³-hybridized carbons (Fsp3) is 0.200. The summed E-state index contributed by atoms with van der Waals surface area (Å²) in [5.74, 6) is 0. The molecule has 6 heteroatoms. The SMILES string of the molecule is CCc1ccc(N)cc1S(=O)(=O)Nc1c(C)cccc1Cl. The van der Waals surface area contributed by atoms with Crippen molar-refractivity contribution >= 4 is 33.0 Å². The number of rotatable bonds is 4. The maximum Gasteiger partial charge on any atom is 0.262 e. The van der Waals surface area contributed by atoms with Crippen LogP contribution in [-0.2, 0) is 16.4 Å². The first-order chi connectivity index (χ1) is 9.85. The summed E-state index contributed by atoms with van der Waals surface area (Å²) in [5, 5.41) is 0.362. The van der Waals surface area contributed by atoms with Gasteiger partial charge in [0.15, 0.2) is 0 Å². The summed E-state index contributed by atoms with van der Waals surface area (Å²) in [6.07, 6.45) is 0.595. The minimum absolute atomic E-state index is 0.185. The molecule has 0 amide bonds. The highest BCUT2D eigenvalue weighted by Crippen LogP contribution is 2.29. The average Bonchev–Trinajstić information content (AvgIpc) is 2.43. The van der Waals surface area contributed by atoms with Gasteiger partial charge in [-0.1, -0.05) is 36.7 Å². The topological polar surface area (TPSA) is 72.2 Å². The Balaban J connectivity index is 2.51. The Morgan fingerprint density at radius 3 is 2.57 bits per heavy atom. The van der Waals surface area contributed by atoms with Crippen molar-refractivity contribution in [3.8, 4) is 0 Å². The maximum atomic E-state index is 12.6. The molecule has 21 heavy (non-hydrogen) atoms. The van der Waals surface area contributed by atoms with E-state index in [1.54, 1.807) is 37.3 Å². The minimum Gasteiger partial charge on any atom is -0.399 e. The van der Waals surface area contributed by atoms with Crippen molar-refractivity contribution in [1.29, 1.82) is 0 Å². The third-order valence-corrected chi connectivity index (χ3v) is 4.97. The lowest BCUT2D eigenvalue weighted by molar-refractivity contribution is 0.600. The highest BCUT2D eigenvalue weighted by molar-refractivity contribution is 7.92. The molecule has 0 radical (unpaired) electrons. The lowest BCUT2D eigenvalue weighted by atomic mass is 10.1. The van der Waals surface area contributed by atoms with Crippen LogP contribution < -0.4 is 10.5 Å². The molecule has 3 N–H and O–H groups in total. The van der Waals surface area contributed by atoms with E-state index in [-0.39, 0.29) is 4.90 Å². The standard InChI is InChI=1S/C15H17ClN2O2S/c1-3-11-7-8-12(17)9-14(11)21(19,20)18-15-10(2)5-4-6-13(15)16/h4-9,18H,3,17H2,1-2H3. The Morgan fingerprint density at radius 2 is 1.95 bits per heavy atom. The Kier molecular flexibility index (Phi) is 4.44. The van der Waals surface area contributed by atoms with Gasteiger partial charge in [0.05, 0.1) is 15.6 Å². The van der Waals surface area contributed by atoms with Gasteiger partial charge in [-0.3, -0.25) is 4.72 Å². The van der Waals surface area contributed by atoms with Crippen LogP contribution in [0.15, 0.2) is 41.3 Å². The molecular weight excluding hydrogens is 308 g/mol. The Labute approximate surface area is 130 Å². The molecule has 0 saturated carbocycles. The Hall–Kier alpha value is -1.72. The van der Waals surface area contributed by atoms with Crippen LogP contribution in [0, 0.1) is 6.92 Å². The summed E-state index contributed by atoms with van der Waals surface area (Å²) in [4.78, 5) is 0.185. The zero-order chi connectivity index (χ0) is 15.6. The molecule has 0 saturated heterocycles. The van der Waals surface area contributed by atoms with Gasteiger partial charge in [-0.05, 0) is 42.7 Å². The third kappa shape index (κ3) is 3.31. The molecule has 0 aromatic heterocycles. The van der Waals surface area contributed by atoms with E-state index in [1.807, 2.05) is 6.92 Å². The fourth-order valence-electron chi connectivity index (χ4n) is 2.06. The first kappa shape index (κ1) is 15.7. The number of sulfonamides is 1. The lowest BCUT2D eigenvalue weighted by Gasteiger charge is -2.14. The zero-order valence-electron chi connectivity index (χ0n) is 11.9. The van der Waals surface area contributed by atoms with Crippen LogP contribution in [0.4, 0.5) is 11.4 Å². The van der Waals surface area contributed by atoms with Gasteiger partial charge in [-0.2, -0.15) is 0 Å². The van der Waals surface area contributed by atoms with E-state index >= 15 is 0 Å². The van der Waals surface area contributed by atoms with Crippen LogP contribution in [-0.4, -0.2) is 8.42 Å². The number of halogens is 1. The molecule has 2 aromatic carbocycles. The van der Waals surface area contributed by atoms with Gasteiger partial charge in [-0.15, -0.1) is 0 Å². The van der Waals surface area contributed by atoms with Crippen molar-refractivity contribution in [1.82, 2.24) is 0 Å². The summed E-state index contributed by atoms with van der Waals surface area (Å²) in [7, 11) is -3.74. The summed E-state index contributed by atoms with van der Waals surface area (Å²) >= 11 is 6.08. The first-order valence-electron chi connectivity index (χ1n) is 6.51. The number of hydrogen-bond acceptors (Lipinski definition) is 3. The number of nitrogen functional groups attached to an aromatic ring is 1. The molecule has 0 bridgehead atoms. The van der Waals surface area contributed by atoms with Crippen LogP contribution in [0.25, 0.3) is 0 Å². The first-order valence-corrected chi connectivity index (χ1v) is 8.37. The average molecular weight is 325 g/mol. The van der Waals surface area contributed by atoms with E-state index in [9.17, 15) is 8.42 Å². The second kappa shape index (κ2) is 5.95. The summed E-state index contributed by atoms with van der Waals surface area (Å²) in [6.45, 7) is 3.69. The molecule has 0 aliphatic heterocycles. The Bertz CT molecular complexity index is 753. The smallest absolute Gasteiger partial charge is 0.262 e. The molecule has 0 unspecified atom stereocenters. The van der Waals surface area contributed by atoms with Gasteiger partial charge >= 0.3 is 0 Å². The number of benzene rings is 2. The van der Waals surface area contributed by atoms with Crippen LogP contribution in [0.2, 0.25) is 5.02 Å². The third-order valence-electron chi connectivity index (χ3n) is 3.22. The molecule has 0 heterocycles. The second-order valence-electron chi connectivity index (χ2n) is 4.76. The van der Waals surface area contributed by atoms with Crippen molar-refractivity contribution in [2.24, 2.45) is 0 Å². The highest BCUT2D eigenvalue weighted by Gasteiger charge is 2.20. The molecule has 112 valence electrons. The maximum absolute atomic E-state index is 12.6. The fourth-order valence-corrected chi connectivity index (χ4v) is 3.89. The molecular formula is C15H17ClN2O2S. The monoisotopic (exact) mass is 324 g/mol. The second-order valence-corrected chi connectivity index (χ2v) is 6.82. The predicted octanol–water partition coefficient (Wildman–Crippen LogP) is 3.59. The summed E-state index contributed by atoms with van der Waals surface area (Å²) < 4.78 is 27.8. The van der Waals surface area contributed by atoms with Gasteiger partial charge in [0.25, 0.3) is 10.0 Å². The number of para-hydroxylation sites is 1. The molecule has 0 atom stereocenters. The van der Waals surface area contributed by atoms with Crippen LogP contribution >= 0.6 is 11.6 Å². The van der Waals surface area contributed by atoms with Gasteiger partial charge in [0, 0.05) is 5.69 Å². The van der Waals surface area contributed by atoms with Gasteiger partial charge in [0.1, 0.15) is 0 Å². The quantitative estimate of drug-likeness (QED) is 0.844. The van der Waals surface area contributed by atoms with Gasteiger partial charge < -0.3 is 5.73 Å². The highest BCUT2D eigenvalue weighted by atomic mass is 35.5. The van der Waals surface area contributed by atoms with Crippen molar-refractivity contribution in [2.75, 3.05) is 10.5 Å². The number of aryl methyl sites for hydroxylation is 2. The summed E-state index contributed by atoms with van der Waals surface area (Å²) in [5.41, 5.74) is 7.98. The largest absolute Gasteiger partial charge is 0.399 e. The molecule has 0 fully saturated rings. The van der Waals surface area contributed by atoms with Crippen LogP contribution in [0.5, 0.6) is 0 Å². The minimum atomic E-state index is -3.74. The number of hydrogen-bond donors (Lipinski definition) is 2. The molecule has 0 aliphatic rings. The molecule has 2 rings (SSSR count). The van der Waals surface area contributed by atoms with Crippen molar-refractivity contribution in [3.05, 3.63) is 52.5 Å². The van der Waals surface area contributed by atoms with Crippen molar-refractivity contribution in [3.63, 3.8) is 0 Å². The molecule has 0 spiro atoms. The number of nitrogens with two attached hydrogens (primary N) is 1. The van der Waals surface area contributed by atoms with E-state index in [2.05, 4.69) is 4.72 Å². The Morgan fingerprint density at radius 1 is 1.24 bits per heavy atom. The number of nitrogens with one attached hydrogen (secondary N) is 1. The molecule has 0 aliphatic carbocycles. The van der Waals surface area contributed by atoms with Crippen molar-refractivity contribution < 1.29 is 8.42 Å². The lowest BCUT2D eigenvalue weighted by Crippen LogP contribution is -2.16. The number of anilines is 2. The van der Waals surface area contributed by atoms with E-state index < -0.39 is 10.0 Å². The van der Waals surface area contributed by atoms with Crippen LogP contribution in [0.1, 0.15) is 18.1 Å². The van der Waals surface area contributed by atoms with Gasteiger partial charge in [0.2, 0.25) is 0 Å². The van der Waals surface area contributed by atoms with Gasteiger partial charge in [-0.25, -0.2) is 8.42 Å². The molecule has 4 nitrogen and oxygen atoms in total. The van der Waals surface area contributed by atoms with E-state index in [0.29, 0.717) is 28.4 Å². The van der Waals surface area contributed by atoms with Crippen molar-refractivity contribution in [2.45, 2.75) is 25.2 Å².